The van der Waals surface area contributed by atoms with Crippen LogP contribution in [0.2, 0.25) is 5.02 Å². The van der Waals surface area contributed by atoms with Crippen molar-refractivity contribution in [2.75, 3.05) is 11.4 Å². The van der Waals surface area contributed by atoms with Crippen LogP contribution in [-0.4, -0.2) is 29.6 Å². The maximum atomic E-state index is 11.9. The van der Waals surface area contributed by atoms with Crippen molar-refractivity contribution in [1.29, 1.82) is 0 Å². The molecule has 0 saturated carbocycles. The van der Waals surface area contributed by atoms with Gasteiger partial charge in [0.05, 0.1) is 17.0 Å². The van der Waals surface area contributed by atoms with Crippen molar-refractivity contribution in [2.24, 2.45) is 5.92 Å². The Bertz CT molecular complexity index is 544. The van der Waals surface area contributed by atoms with E-state index in [4.69, 9.17) is 21.4 Å². The summed E-state index contributed by atoms with van der Waals surface area (Å²) in [6, 6.07) is 5.03. The van der Waals surface area contributed by atoms with Crippen molar-refractivity contribution in [3.8, 4) is 5.75 Å². The Morgan fingerprint density at radius 3 is 2.70 bits per heavy atom. The number of anilines is 1. The monoisotopic (exact) mass is 297 g/mol. The lowest BCUT2D eigenvalue weighted by Gasteiger charge is -2.18. The number of amides is 1. The number of carboxylic acid groups (broad SMARTS) is 1. The van der Waals surface area contributed by atoms with Crippen LogP contribution in [0.4, 0.5) is 5.69 Å². The van der Waals surface area contributed by atoms with Gasteiger partial charge in [0.15, 0.2) is 0 Å². The molecule has 5 nitrogen and oxygen atoms in total. The zero-order valence-electron chi connectivity index (χ0n) is 11.3. The molecule has 1 unspecified atom stereocenters. The summed E-state index contributed by atoms with van der Waals surface area (Å²) >= 11 is 6.12. The van der Waals surface area contributed by atoms with Crippen molar-refractivity contribution in [3.63, 3.8) is 0 Å². The SMILES string of the molecule is CC(C)Oc1ccc(N2CC(C(=O)O)CC2=O)cc1Cl. The molecule has 20 heavy (non-hydrogen) atoms. The second-order valence-electron chi connectivity index (χ2n) is 5.02. The lowest BCUT2D eigenvalue weighted by atomic mass is 10.1. The molecule has 1 fully saturated rings. The zero-order chi connectivity index (χ0) is 14.9. The number of carbonyl (C=O) groups excluding carboxylic acids is 1. The molecule has 0 radical (unpaired) electrons. The fraction of sp³-hybridized carbons (Fsp3) is 0.429. The van der Waals surface area contributed by atoms with E-state index in [-0.39, 0.29) is 25.0 Å². The van der Waals surface area contributed by atoms with Gasteiger partial charge in [0, 0.05) is 18.7 Å². The maximum Gasteiger partial charge on any atom is 0.308 e. The van der Waals surface area contributed by atoms with Gasteiger partial charge in [-0.3, -0.25) is 9.59 Å². The van der Waals surface area contributed by atoms with Gasteiger partial charge in [-0.25, -0.2) is 0 Å². The molecule has 1 aromatic carbocycles. The summed E-state index contributed by atoms with van der Waals surface area (Å²) in [7, 11) is 0. The molecule has 0 aromatic heterocycles. The third-order valence-electron chi connectivity index (χ3n) is 3.06. The topological polar surface area (TPSA) is 66.8 Å². The van der Waals surface area contributed by atoms with Crippen LogP contribution in [0, 0.1) is 5.92 Å². The molecule has 1 heterocycles. The van der Waals surface area contributed by atoms with Crippen molar-refractivity contribution in [1.82, 2.24) is 0 Å². The highest BCUT2D eigenvalue weighted by Gasteiger charge is 2.35. The van der Waals surface area contributed by atoms with Gasteiger partial charge in [0.2, 0.25) is 5.91 Å². The summed E-state index contributed by atoms with van der Waals surface area (Å²) in [5, 5.41) is 9.37. The van der Waals surface area contributed by atoms with Crippen LogP contribution in [-0.2, 0) is 9.59 Å². The first kappa shape index (κ1) is 14.7. The summed E-state index contributed by atoms with van der Waals surface area (Å²) < 4.78 is 5.52. The second-order valence-corrected chi connectivity index (χ2v) is 5.43. The minimum atomic E-state index is -0.952. The fourth-order valence-corrected chi connectivity index (χ4v) is 2.35. The molecule has 0 spiro atoms. The molecule has 0 aliphatic carbocycles. The summed E-state index contributed by atoms with van der Waals surface area (Å²) in [6.07, 6.45) is 0.0279. The van der Waals surface area contributed by atoms with E-state index in [9.17, 15) is 9.59 Å². The number of benzene rings is 1. The number of aliphatic carboxylic acids is 1. The van der Waals surface area contributed by atoms with Crippen LogP contribution >= 0.6 is 11.6 Å². The predicted molar refractivity (Wildman–Crippen MR) is 75.3 cm³/mol. The first-order valence-corrected chi connectivity index (χ1v) is 6.75. The van der Waals surface area contributed by atoms with Crippen LogP contribution in [0.15, 0.2) is 18.2 Å². The first-order valence-electron chi connectivity index (χ1n) is 6.38. The Morgan fingerprint density at radius 2 is 2.20 bits per heavy atom. The van der Waals surface area contributed by atoms with Crippen molar-refractivity contribution in [2.45, 2.75) is 26.4 Å². The number of carbonyl (C=O) groups is 2. The number of ether oxygens (including phenoxy) is 1. The normalized spacial score (nSPS) is 18.7. The third-order valence-corrected chi connectivity index (χ3v) is 3.36. The van der Waals surface area contributed by atoms with Crippen molar-refractivity contribution in [3.05, 3.63) is 23.2 Å². The van der Waals surface area contributed by atoms with E-state index >= 15 is 0 Å². The molecule has 1 N–H and O–H groups in total. The average molecular weight is 298 g/mol. The third kappa shape index (κ3) is 3.04. The molecule has 1 saturated heterocycles. The largest absolute Gasteiger partial charge is 0.489 e. The highest BCUT2D eigenvalue weighted by atomic mass is 35.5. The molecule has 1 aliphatic heterocycles. The number of hydrogen-bond donors (Lipinski definition) is 1. The quantitative estimate of drug-likeness (QED) is 0.927. The van der Waals surface area contributed by atoms with E-state index in [1.165, 1.54) is 4.90 Å². The molecule has 1 atom stereocenters. The van der Waals surface area contributed by atoms with Gasteiger partial charge in [-0.15, -0.1) is 0 Å². The first-order chi connectivity index (χ1) is 9.38. The van der Waals surface area contributed by atoms with Gasteiger partial charge in [-0.1, -0.05) is 11.6 Å². The molecular formula is C14H16ClNO4. The van der Waals surface area contributed by atoms with Gasteiger partial charge < -0.3 is 14.7 Å². The van der Waals surface area contributed by atoms with Crippen molar-refractivity contribution < 1.29 is 19.4 Å². The Labute approximate surface area is 122 Å². The Morgan fingerprint density at radius 1 is 1.50 bits per heavy atom. The molecule has 1 amide bonds. The molecule has 1 aromatic rings. The molecule has 108 valence electrons. The number of nitrogens with zero attached hydrogens (tertiary/aromatic N) is 1. The molecular weight excluding hydrogens is 282 g/mol. The number of hydrogen-bond acceptors (Lipinski definition) is 3. The predicted octanol–water partition coefficient (Wildman–Crippen LogP) is 2.56. The standard InChI is InChI=1S/C14H16ClNO4/c1-8(2)20-12-4-3-10(6-11(12)15)16-7-9(14(18)19)5-13(16)17/h3-4,6,8-9H,5,7H2,1-2H3,(H,18,19). The van der Waals surface area contributed by atoms with Crippen LogP contribution in [0.25, 0.3) is 0 Å². The summed E-state index contributed by atoms with van der Waals surface area (Å²) in [6.45, 7) is 3.96. The maximum absolute atomic E-state index is 11.9. The highest BCUT2D eigenvalue weighted by molar-refractivity contribution is 6.32. The average Bonchev–Trinajstić information content (AvgIpc) is 2.74. The Balaban J connectivity index is 2.20. The van der Waals surface area contributed by atoms with Crippen molar-refractivity contribution >= 4 is 29.2 Å². The van der Waals surface area contributed by atoms with Gasteiger partial charge in [-0.2, -0.15) is 0 Å². The highest BCUT2D eigenvalue weighted by Crippen LogP contribution is 2.33. The lowest BCUT2D eigenvalue weighted by Crippen LogP contribution is -2.25. The minimum Gasteiger partial charge on any atom is -0.489 e. The molecule has 0 bridgehead atoms. The molecule has 2 rings (SSSR count). The van der Waals surface area contributed by atoms with E-state index in [2.05, 4.69) is 0 Å². The summed E-state index contributed by atoms with van der Waals surface area (Å²) in [4.78, 5) is 24.2. The summed E-state index contributed by atoms with van der Waals surface area (Å²) in [5.74, 6) is -1.27. The van der Waals surface area contributed by atoms with Crippen LogP contribution in [0.1, 0.15) is 20.3 Å². The number of carboxylic acids is 1. The fourth-order valence-electron chi connectivity index (χ4n) is 2.13. The lowest BCUT2D eigenvalue weighted by molar-refractivity contribution is -0.141. The Kier molecular flexibility index (Phi) is 4.18. The van der Waals surface area contributed by atoms with Gasteiger partial charge in [-0.05, 0) is 32.0 Å². The molecule has 6 heteroatoms. The van der Waals surface area contributed by atoms with Gasteiger partial charge in [0.25, 0.3) is 0 Å². The van der Waals surface area contributed by atoms with E-state index in [0.717, 1.165) is 0 Å². The van der Waals surface area contributed by atoms with E-state index in [0.29, 0.717) is 16.5 Å². The Hall–Kier alpha value is -1.75. The molecule has 1 aliphatic rings. The van der Waals surface area contributed by atoms with E-state index in [1.54, 1.807) is 18.2 Å². The van der Waals surface area contributed by atoms with E-state index < -0.39 is 11.9 Å². The van der Waals surface area contributed by atoms with Crippen LogP contribution < -0.4 is 9.64 Å². The van der Waals surface area contributed by atoms with Crippen LogP contribution in [0.3, 0.4) is 0 Å². The van der Waals surface area contributed by atoms with Crippen LogP contribution in [0.5, 0.6) is 5.75 Å². The minimum absolute atomic E-state index is 0.00293. The smallest absolute Gasteiger partial charge is 0.308 e. The second kappa shape index (κ2) is 5.71. The van der Waals surface area contributed by atoms with Gasteiger partial charge >= 0.3 is 5.97 Å². The van der Waals surface area contributed by atoms with E-state index in [1.807, 2.05) is 13.8 Å². The zero-order valence-corrected chi connectivity index (χ0v) is 12.1. The summed E-state index contributed by atoms with van der Waals surface area (Å²) in [5.41, 5.74) is 0.597. The number of rotatable bonds is 4. The number of halogens is 1. The van der Waals surface area contributed by atoms with Gasteiger partial charge in [0.1, 0.15) is 5.75 Å².